The maximum atomic E-state index is 11.9. The highest BCUT2D eigenvalue weighted by atomic mass is 16.6. The summed E-state index contributed by atoms with van der Waals surface area (Å²) in [5, 5.41) is 8.55. The van der Waals surface area contributed by atoms with Gasteiger partial charge in [0.15, 0.2) is 0 Å². The van der Waals surface area contributed by atoms with E-state index in [1.807, 2.05) is 13.8 Å². The fourth-order valence-corrected chi connectivity index (χ4v) is 2.42. The molecule has 0 aromatic carbocycles. The fourth-order valence-electron chi connectivity index (χ4n) is 2.42. The fraction of sp³-hybridized carbons (Fsp3) is 0.857. The molecule has 0 aromatic rings. The summed E-state index contributed by atoms with van der Waals surface area (Å²) >= 11 is 0. The van der Waals surface area contributed by atoms with Crippen LogP contribution in [0.25, 0.3) is 0 Å². The minimum Gasteiger partial charge on any atom is -0.481 e. The minimum absolute atomic E-state index is 0.120. The molecule has 0 aliphatic heterocycles. The van der Waals surface area contributed by atoms with Crippen molar-refractivity contribution in [2.75, 3.05) is 0 Å². The lowest BCUT2D eigenvalue weighted by molar-refractivity contribution is -0.166. The third kappa shape index (κ3) is 5.07. The van der Waals surface area contributed by atoms with Crippen molar-refractivity contribution in [3.05, 3.63) is 0 Å². The number of carbonyl (C=O) groups is 2. The number of hydrogen-bond donors (Lipinski definition) is 1. The van der Waals surface area contributed by atoms with Crippen molar-refractivity contribution in [1.82, 2.24) is 0 Å². The van der Waals surface area contributed by atoms with Crippen molar-refractivity contribution in [2.45, 2.75) is 70.8 Å². The van der Waals surface area contributed by atoms with E-state index in [2.05, 4.69) is 0 Å². The first-order valence-electron chi connectivity index (χ1n) is 6.88. The summed E-state index contributed by atoms with van der Waals surface area (Å²) in [6.45, 7) is 3.82. The standard InChI is InChI=1S/C14H24O4/c1-11(7-6-8-12(15)16)13(17)18-14(2)9-4-3-5-10-14/h11H,3-10H2,1-2H3,(H,15,16). The quantitative estimate of drug-likeness (QED) is 0.741. The highest BCUT2D eigenvalue weighted by molar-refractivity contribution is 5.72. The van der Waals surface area contributed by atoms with Crippen LogP contribution >= 0.6 is 0 Å². The second-order valence-corrected chi connectivity index (χ2v) is 5.62. The molecule has 0 heterocycles. The highest BCUT2D eigenvalue weighted by Crippen LogP contribution is 2.32. The lowest BCUT2D eigenvalue weighted by atomic mass is 9.86. The maximum absolute atomic E-state index is 11.9. The summed E-state index contributed by atoms with van der Waals surface area (Å²) in [5.74, 6) is -1.19. The van der Waals surface area contributed by atoms with Crippen molar-refractivity contribution in [3.63, 3.8) is 0 Å². The molecule has 1 fully saturated rings. The molecule has 1 atom stereocenters. The number of carbonyl (C=O) groups excluding carboxylic acids is 1. The number of ether oxygens (including phenoxy) is 1. The molecule has 4 heteroatoms. The molecule has 1 N–H and O–H groups in total. The van der Waals surface area contributed by atoms with Gasteiger partial charge in [0.1, 0.15) is 5.60 Å². The van der Waals surface area contributed by atoms with Gasteiger partial charge in [0, 0.05) is 6.42 Å². The maximum Gasteiger partial charge on any atom is 0.309 e. The Hall–Kier alpha value is -1.06. The minimum atomic E-state index is -0.810. The van der Waals surface area contributed by atoms with Crippen molar-refractivity contribution in [2.24, 2.45) is 5.92 Å². The van der Waals surface area contributed by atoms with Gasteiger partial charge >= 0.3 is 11.9 Å². The molecule has 1 saturated carbocycles. The third-order valence-corrected chi connectivity index (χ3v) is 3.69. The van der Waals surface area contributed by atoms with Crippen LogP contribution in [0.15, 0.2) is 0 Å². The summed E-state index contributed by atoms with van der Waals surface area (Å²) in [7, 11) is 0. The zero-order valence-electron chi connectivity index (χ0n) is 11.4. The Bertz CT molecular complexity index is 292. The Kier molecular flexibility index (Phi) is 5.63. The van der Waals surface area contributed by atoms with Crippen LogP contribution in [0.3, 0.4) is 0 Å². The molecule has 0 spiro atoms. The molecule has 104 valence electrons. The summed E-state index contributed by atoms with van der Waals surface area (Å²) in [4.78, 5) is 22.3. The van der Waals surface area contributed by atoms with E-state index in [0.717, 1.165) is 25.7 Å². The van der Waals surface area contributed by atoms with Gasteiger partial charge in [0.2, 0.25) is 0 Å². The molecule has 1 unspecified atom stereocenters. The number of esters is 1. The molecule has 18 heavy (non-hydrogen) atoms. The normalized spacial score (nSPS) is 20.1. The van der Waals surface area contributed by atoms with Crippen molar-refractivity contribution < 1.29 is 19.4 Å². The van der Waals surface area contributed by atoms with Gasteiger partial charge in [-0.2, -0.15) is 0 Å². The topological polar surface area (TPSA) is 63.6 Å². The van der Waals surface area contributed by atoms with Gasteiger partial charge in [-0.25, -0.2) is 0 Å². The van der Waals surface area contributed by atoms with Crippen molar-refractivity contribution in [1.29, 1.82) is 0 Å². The third-order valence-electron chi connectivity index (χ3n) is 3.69. The van der Waals surface area contributed by atoms with Crippen molar-refractivity contribution >= 4 is 11.9 Å². The van der Waals surface area contributed by atoms with E-state index in [-0.39, 0.29) is 23.9 Å². The summed E-state index contributed by atoms with van der Waals surface area (Å²) in [6.07, 6.45) is 6.59. The van der Waals surface area contributed by atoms with Crippen LogP contribution < -0.4 is 0 Å². The molecule has 1 aliphatic carbocycles. The van der Waals surface area contributed by atoms with E-state index in [9.17, 15) is 9.59 Å². The van der Waals surface area contributed by atoms with Gasteiger partial charge in [-0.15, -0.1) is 0 Å². The number of aliphatic carboxylic acids is 1. The predicted molar refractivity (Wildman–Crippen MR) is 68.2 cm³/mol. The molecule has 0 bridgehead atoms. The van der Waals surface area contributed by atoms with E-state index in [4.69, 9.17) is 9.84 Å². The number of hydrogen-bond acceptors (Lipinski definition) is 3. The Labute approximate surface area is 109 Å². The second kappa shape index (κ2) is 6.76. The Balaban J connectivity index is 2.32. The van der Waals surface area contributed by atoms with E-state index < -0.39 is 5.97 Å². The van der Waals surface area contributed by atoms with E-state index in [0.29, 0.717) is 12.8 Å². The molecule has 1 rings (SSSR count). The van der Waals surface area contributed by atoms with E-state index >= 15 is 0 Å². The summed E-state index contributed by atoms with van der Waals surface area (Å²) in [6, 6.07) is 0. The lowest BCUT2D eigenvalue weighted by Gasteiger charge is -2.34. The zero-order chi connectivity index (χ0) is 13.6. The number of carboxylic acids is 1. The van der Waals surface area contributed by atoms with Gasteiger partial charge in [-0.3, -0.25) is 9.59 Å². The first kappa shape index (κ1) is 15.0. The number of carboxylic acid groups (broad SMARTS) is 1. The van der Waals surface area contributed by atoms with Gasteiger partial charge in [-0.05, 0) is 45.4 Å². The van der Waals surface area contributed by atoms with Gasteiger partial charge < -0.3 is 9.84 Å². The molecule has 0 aromatic heterocycles. The molecule has 1 aliphatic rings. The van der Waals surface area contributed by atoms with Crippen LogP contribution in [0.2, 0.25) is 0 Å². The Morgan fingerprint density at radius 1 is 1.28 bits per heavy atom. The SMILES string of the molecule is CC(CCCC(=O)O)C(=O)OC1(C)CCCCC1. The molecule has 0 radical (unpaired) electrons. The van der Waals surface area contributed by atoms with Crippen LogP contribution in [0, 0.1) is 5.92 Å². The zero-order valence-corrected chi connectivity index (χ0v) is 11.4. The van der Waals surface area contributed by atoms with Crippen LogP contribution in [0.1, 0.15) is 65.2 Å². The molecular formula is C14H24O4. The van der Waals surface area contributed by atoms with Crippen molar-refractivity contribution in [3.8, 4) is 0 Å². The second-order valence-electron chi connectivity index (χ2n) is 5.62. The molecule has 0 amide bonds. The van der Waals surface area contributed by atoms with Crippen LogP contribution in [-0.2, 0) is 14.3 Å². The molecule has 0 saturated heterocycles. The molecular weight excluding hydrogens is 232 g/mol. The Morgan fingerprint density at radius 3 is 2.44 bits per heavy atom. The predicted octanol–water partition coefficient (Wildman–Crippen LogP) is 3.14. The number of rotatable bonds is 6. The van der Waals surface area contributed by atoms with Crippen LogP contribution in [-0.4, -0.2) is 22.6 Å². The first-order valence-corrected chi connectivity index (χ1v) is 6.88. The van der Waals surface area contributed by atoms with Crippen LogP contribution in [0.4, 0.5) is 0 Å². The van der Waals surface area contributed by atoms with Gasteiger partial charge in [0.05, 0.1) is 5.92 Å². The molecule has 4 nitrogen and oxygen atoms in total. The van der Waals surface area contributed by atoms with E-state index in [1.165, 1.54) is 6.42 Å². The monoisotopic (exact) mass is 256 g/mol. The first-order chi connectivity index (χ1) is 8.43. The average molecular weight is 256 g/mol. The highest BCUT2D eigenvalue weighted by Gasteiger charge is 2.32. The lowest BCUT2D eigenvalue weighted by Crippen LogP contribution is -2.35. The Morgan fingerprint density at radius 2 is 1.89 bits per heavy atom. The van der Waals surface area contributed by atoms with Crippen LogP contribution in [0.5, 0.6) is 0 Å². The largest absolute Gasteiger partial charge is 0.481 e. The smallest absolute Gasteiger partial charge is 0.309 e. The summed E-state index contributed by atoms with van der Waals surface area (Å²) in [5.41, 5.74) is -0.295. The van der Waals surface area contributed by atoms with Gasteiger partial charge in [-0.1, -0.05) is 13.3 Å². The summed E-state index contributed by atoms with van der Waals surface area (Å²) < 4.78 is 5.61. The average Bonchev–Trinajstić information content (AvgIpc) is 2.28. The van der Waals surface area contributed by atoms with Gasteiger partial charge in [0.25, 0.3) is 0 Å². The van der Waals surface area contributed by atoms with E-state index in [1.54, 1.807) is 0 Å².